The highest BCUT2D eigenvalue weighted by Crippen LogP contribution is 2.36. The van der Waals surface area contributed by atoms with Gasteiger partial charge in [-0.2, -0.15) is 0 Å². The molecule has 0 bridgehead atoms. The Kier molecular flexibility index (Phi) is 6.81. The second kappa shape index (κ2) is 9.91. The molecule has 1 atom stereocenters. The highest BCUT2D eigenvalue weighted by Gasteiger charge is 2.28. The third-order valence-corrected chi connectivity index (χ3v) is 6.45. The van der Waals surface area contributed by atoms with E-state index >= 15 is 0 Å². The summed E-state index contributed by atoms with van der Waals surface area (Å²) in [6.45, 7) is 2.27. The van der Waals surface area contributed by atoms with E-state index in [9.17, 15) is 9.18 Å². The number of rotatable bonds is 6. The highest BCUT2D eigenvalue weighted by atomic mass is 19.1. The molecule has 0 unspecified atom stereocenters. The molecular weight excluding hydrogens is 387 g/mol. The number of esters is 1. The quantitative estimate of drug-likeness (QED) is 0.318. The van der Waals surface area contributed by atoms with Gasteiger partial charge in [0.25, 0.3) is 0 Å². The molecule has 3 aromatic rings. The molecule has 0 radical (unpaired) electrons. The standard InChI is InChI=1S/C28H29FO2/c1-20(22-5-3-2-4-6-22)19-21-7-9-23(10-8-21)24-11-13-25(14-12-24)28(30)31-27-17-15-26(29)16-18-27/h2-10,15-18,20,24-25H,11-14,19H2,1H3/t20-,24?,25?/m0/s1. The summed E-state index contributed by atoms with van der Waals surface area (Å²) in [5.41, 5.74) is 4.09. The van der Waals surface area contributed by atoms with Crippen molar-refractivity contribution in [1.29, 1.82) is 0 Å². The Balaban J connectivity index is 1.28. The van der Waals surface area contributed by atoms with Crippen molar-refractivity contribution in [2.24, 2.45) is 5.92 Å². The van der Waals surface area contributed by atoms with E-state index in [1.54, 1.807) is 0 Å². The molecule has 1 aliphatic rings. The Morgan fingerprint density at radius 2 is 1.55 bits per heavy atom. The van der Waals surface area contributed by atoms with Gasteiger partial charge in [-0.3, -0.25) is 4.79 Å². The minimum atomic E-state index is -0.333. The summed E-state index contributed by atoms with van der Waals surface area (Å²) in [7, 11) is 0. The molecule has 1 fully saturated rings. The molecule has 0 saturated heterocycles. The van der Waals surface area contributed by atoms with Crippen LogP contribution in [0.2, 0.25) is 0 Å². The topological polar surface area (TPSA) is 26.3 Å². The van der Waals surface area contributed by atoms with Gasteiger partial charge in [0.2, 0.25) is 0 Å². The molecule has 31 heavy (non-hydrogen) atoms. The van der Waals surface area contributed by atoms with Crippen LogP contribution in [-0.4, -0.2) is 5.97 Å². The fourth-order valence-corrected chi connectivity index (χ4v) is 4.54. The predicted molar refractivity (Wildman–Crippen MR) is 122 cm³/mol. The largest absolute Gasteiger partial charge is 0.426 e. The zero-order valence-corrected chi connectivity index (χ0v) is 18.0. The Morgan fingerprint density at radius 1 is 0.903 bits per heavy atom. The molecule has 3 heteroatoms. The summed E-state index contributed by atoms with van der Waals surface area (Å²) in [4.78, 5) is 12.4. The van der Waals surface area contributed by atoms with Crippen LogP contribution in [0.5, 0.6) is 5.75 Å². The van der Waals surface area contributed by atoms with Gasteiger partial charge in [0.1, 0.15) is 11.6 Å². The number of carbonyl (C=O) groups excluding carboxylic acids is 1. The van der Waals surface area contributed by atoms with Gasteiger partial charge in [0.15, 0.2) is 0 Å². The first-order valence-corrected chi connectivity index (χ1v) is 11.2. The highest BCUT2D eigenvalue weighted by molar-refractivity contribution is 5.75. The fourth-order valence-electron chi connectivity index (χ4n) is 4.54. The van der Waals surface area contributed by atoms with E-state index in [-0.39, 0.29) is 17.7 Å². The van der Waals surface area contributed by atoms with Crippen LogP contribution in [-0.2, 0) is 11.2 Å². The molecule has 0 spiro atoms. The average molecular weight is 417 g/mol. The van der Waals surface area contributed by atoms with Crippen molar-refractivity contribution in [1.82, 2.24) is 0 Å². The van der Waals surface area contributed by atoms with E-state index in [4.69, 9.17) is 4.74 Å². The van der Waals surface area contributed by atoms with E-state index in [1.807, 2.05) is 0 Å². The van der Waals surface area contributed by atoms with Gasteiger partial charge in [0.05, 0.1) is 5.92 Å². The van der Waals surface area contributed by atoms with Gasteiger partial charge in [-0.05, 0) is 84.9 Å². The minimum absolute atomic E-state index is 0.0766. The van der Waals surface area contributed by atoms with E-state index in [1.165, 1.54) is 41.0 Å². The molecular formula is C28H29FO2. The van der Waals surface area contributed by atoms with E-state index in [2.05, 4.69) is 61.5 Å². The SMILES string of the molecule is C[C@@H](Cc1ccc(C2CCC(C(=O)Oc3ccc(F)cc3)CC2)cc1)c1ccccc1. The van der Waals surface area contributed by atoms with Crippen molar-refractivity contribution in [2.45, 2.75) is 50.9 Å². The van der Waals surface area contributed by atoms with Crippen LogP contribution >= 0.6 is 0 Å². The summed E-state index contributed by atoms with van der Waals surface area (Å²) in [5, 5.41) is 0. The van der Waals surface area contributed by atoms with E-state index in [0.29, 0.717) is 17.6 Å². The lowest BCUT2D eigenvalue weighted by molar-refractivity contribution is -0.140. The smallest absolute Gasteiger partial charge is 0.314 e. The number of benzene rings is 3. The lowest BCUT2D eigenvalue weighted by Crippen LogP contribution is -2.25. The molecule has 3 aromatic carbocycles. The molecule has 0 aliphatic heterocycles. The van der Waals surface area contributed by atoms with Gasteiger partial charge in [-0.1, -0.05) is 61.5 Å². The molecule has 0 heterocycles. The summed E-state index contributed by atoms with van der Waals surface area (Å²) < 4.78 is 18.4. The van der Waals surface area contributed by atoms with Gasteiger partial charge in [-0.25, -0.2) is 4.39 Å². The van der Waals surface area contributed by atoms with Crippen LogP contribution in [0.25, 0.3) is 0 Å². The van der Waals surface area contributed by atoms with Gasteiger partial charge < -0.3 is 4.74 Å². The van der Waals surface area contributed by atoms with Crippen molar-refractivity contribution in [3.05, 3.63) is 101 Å². The third kappa shape index (κ3) is 5.61. The number of carbonyl (C=O) groups is 1. The fraction of sp³-hybridized carbons (Fsp3) is 0.321. The van der Waals surface area contributed by atoms with Gasteiger partial charge in [-0.15, -0.1) is 0 Å². The Bertz CT molecular complexity index is 972. The maximum absolute atomic E-state index is 13.0. The van der Waals surface area contributed by atoms with Crippen LogP contribution < -0.4 is 4.74 Å². The summed E-state index contributed by atoms with van der Waals surface area (Å²) in [6, 6.07) is 25.3. The summed E-state index contributed by atoms with van der Waals surface area (Å²) in [5.74, 6) is 0.794. The summed E-state index contributed by atoms with van der Waals surface area (Å²) in [6.07, 6.45) is 4.67. The lowest BCUT2D eigenvalue weighted by atomic mass is 9.78. The molecule has 1 aliphatic carbocycles. The maximum Gasteiger partial charge on any atom is 0.314 e. The minimum Gasteiger partial charge on any atom is -0.426 e. The monoisotopic (exact) mass is 416 g/mol. The zero-order chi connectivity index (χ0) is 21.6. The van der Waals surface area contributed by atoms with Crippen LogP contribution in [0.15, 0.2) is 78.9 Å². The number of halogens is 1. The molecule has 4 rings (SSSR count). The molecule has 0 amide bonds. The number of ether oxygens (including phenoxy) is 1. The van der Waals surface area contributed by atoms with Crippen molar-refractivity contribution >= 4 is 5.97 Å². The van der Waals surface area contributed by atoms with E-state index in [0.717, 1.165) is 32.1 Å². The van der Waals surface area contributed by atoms with Crippen LogP contribution in [0.3, 0.4) is 0 Å². The van der Waals surface area contributed by atoms with Crippen molar-refractivity contribution in [3.63, 3.8) is 0 Å². The lowest BCUT2D eigenvalue weighted by Gasteiger charge is -2.27. The maximum atomic E-state index is 13.0. The van der Waals surface area contributed by atoms with Crippen molar-refractivity contribution in [3.8, 4) is 5.75 Å². The summed E-state index contributed by atoms with van der Waals surface area (Å²) >= 11 is 0. The van der Waals surface area contributed by atoms with Crippen LogP contribution in [0.1, 0.15) is 61.1 Å². The Morgan fingerprint density at radius 3 is 2.19 bits per heavy atom. The Labute approximate surface area is 184 Å². The Hall–Kier alpha value is -2.94. The predicted octanol–water partition coefficient (Wildman–Crippen LogP) is 7.05. The molecule has 2 nitrogen and oxygen atoms in total. The molecule has 0 N–H and O–H groups in total. The van der Waals surface area contributed by atoms with Crippen LogP contribution in [0.4, 0.5) is 4.39 Å². The number of hydrogen-bond acceptors (Lipinski definition) is 2. The zero-order valence-electron chi connectivity index (χ0n) is 18.0. The first-order valence-electron chi connectivity index (χ1n) is 11.2. The average Bonchev–Trinajstić information content (AvgIpc) is 2.82. The molecule has 1 saturated carbocycles. The first kappa shape index (κ1) is 21.3. The van der Waals surface area contributed by atoms with Gasteiger partial charge in [0, 0.05) is 0 Å². The second-order valence-electron chi connectivity index (χ2n) is 8.68. The van der Waals surface area contributed by atoms with Crippen molar-refractivity contribution < 1.29 is 13.9 Å². The van der Waals surface area contributed by atoms with Crippen molar-refractivity contribution in [2.75, 3.05) is 0 Å². The first-order chi connectivity index (χ1) is 15.1. The normalized spacial score (nSPS) is 19.5. The second-order valence-corrected chi connectivity index (χ2v) is 8.68. The number of hydrogen-bond donors (Lipinski definition) is 0. The van der Waals surface area contributed by atoms with E-state index < -0.39 is 0 Å². The van der Waals surface area contributed by atoms with Gasteiger partial charge >= 0.3 is 5.97 Å². The molecule has 0 aromatic heterocycles. The third-order valence-electron chi connectivity index (χ3n) is 6.45. The van der Waals surface area contributed by atoms with Crippen LogP contribution in [0, 0.1) is 11.7 Å². The molecule has 160 valence electrons.